The molecule has 1 unspecified atom stereocenters. The van der Waals surface area contributed by atoms with Crippen LogP contribution in [0.3, 0.4) is 0 Å². The van der Waals surface area contributed by atoms with E-state index in [-0.39, 0.29) is 5.97 Å². The minimum absolute atomic E-state index is 0.328. The van der Waals surface area contributed by atoms with Crippen LogP contribution >= 0.6 is 0 Å². The Hall–Kier alpha value is -1.88. The number of carbonyl (C=O) groups excluding carboxylic acids is 1. The zero-order valence-corrected chi connectivity index (χ0v) is 10.2. The molecule has 3 rings (SSSR count). The Kier molecular flexibility index (Phi) is 2.76. The first-order valence-corrected chi connectivity index (χ1v) is 6.06. The smallest absolute Gasteiger partial charge is 0.355 e. The lowest BCUT2D eigenvalue weighted by Gasteiger charge is -2.10. The van der Waals surface area contributed by atoms with Gasteiger partial charge in [0, 0.05) is 12.5 Å². The van der Waals surface area contributed by atoms with Crippen LogP contribution in [0.4, 0.5) is 0 Å². The van der Waals surface area contributed by atoms with Crippen LogP contribution in [0.1, 0.15) is 28.7 Å². The molecule has 94 valence electrons. The van der Waals surface area contributed by atoms with Crippen molar-refractivity contribution in [3.8, 4) is 0 Å². The fourth-order valence-electron chi connectivity index (χ4n) is 2.50. The average molecular weight is 245 g/mol. The molecule has 2 aromatic heterocycles. The van der Waals surface area contributed by atoms with Gasteiger partial charge in [-0.1, -0.05) is 6.07 Å². The summed E-state index contributed by atoms with van der Waals surface area (Å²) in [6.45, 7) is 1.91. The molecular weight excluding hydrogens is 230 g/mol. The first-order chi connectivity index (χ1) is 8.81. The number of hydrogen-bond donors (Lipinski definition) is 1. The van der Waals surface area contributed by atoms with E-state index in [2.05, 4.69) is 10.3 Å². The van der Waals surface area contributed by atoms with Gasteiger partial charge in [0.05, 0.1) is 18.8 Å². The molecule has 5 nitrogen and oxygen atoms in total. The van der Waals surface area contributed by atoms with Gasteiger partial charge in [-0.2, -0.15) is 0 Å². The molecule has 1 N–H and O–H groups in total. The van der Waals surface area contributed by atoms with E-state index < -0.39 is 0 Å². The molecule has 3 heterocycles. The third kappa shape index (κ3) is 1.67. The zero-order chi connectivity index (χ0) is 12.5. The average Bonchev–Trinajstić information content (AvgIpc) is 3.05. The van der Waals surface area contributed by atoms with Crippen molar-refractivity contribution in [2.75, 3.05) is 20.2 Å². The molecule has 0 aromatic carbocycles. The van der Waals surface area contributed by atoms with Gasteiger partial charge >= 0.3 is 5.97 Å². The number of imidazole rings is 1. The van der Waals surface area contributed by atoms with E-state index in [1.165, 1.54) is 7.11 Å². The molecule has 1 aliphatic rings. The molecule has 1 saturated heterocycles. The predicted octanol–water partition coefficient (Wildman–Crippen LogP) is 1.20. The van der Waals surface area contributed by atoms with Crippen molar-refractivity contribution in [1.82, 2.24) is 14.7 Å². The van der Waals surface area contributed by atoms with Gasteiger partial charge in [-0.05, 0) is 25.1 Å². The number of nitrogens with one attached hydrogen (secondary N) is 1. The van der Waals surface area contributed by atoms with Crippen molar-refractivity contribution in [3.05, 3.63) is 35.9 Å². The van der Waals surface area contributed by atoms with E-state index in [1.54, 1.807) is 12.3 Å². The van der Waals surface area contributed by atoms with Crippen LogP contribution in [0.2, 0.25) is 0 Å². The van der Waals surface area contributed by atoms with Crippen molar-refractivity contribution in [2.45, 2.75) is 12.3 Å². The van der Waals surface area contributed by atoms with E-state index in [9.17, 15) is 4.79 Å². The van der Waals surface area contributed by atoms with E-state index >= 15 is 0 Å². The Labute approximate surface area is 105 Å². The van der Waals surface area contributed by atoms with Crippen LogP contribution in [-0.2, 0) is 4.74 Å². The number of aromatic nitrogens is 2. The van der Waals surface area contributed by atoms with Gasteiger partial charge in [0.25, 0.3) is 0 Å². The van der Waals surface area contributed by atoms with Gasteiger partial charge in [0.15, 0.2) is 0 Å². The topological polar surface area (TPSA) is 55.6 Å². The molecule has 2 aromatic rings. The highest BCUT2D eigenvalue weighted by Gasteiger charge is 2.23. The molecule has 1 aliphatic heterocycles. The summed E-state index contributed by atoms with van der Waals surface area (Å²) in [5.41, 5.74) is 1.47. The summed E-state index contributed by atoms with van der Waals surface area (Å²) in [6, 6.07) is 5.57. The number of nitrogens with zero attached hydrogens (tertiary/aromatic N) is 2. The van der Waals surface area contributed by atoms with Crippen LogP contribution in [-0.4, -0.2) is 35.6 Å². The van der Waals surface area contributed by atoms with E-state index in [0.29, 0.717) is 11.6 Å². The molecule has 0 spiro atoms. The van der Waals surface area contributed by atoms with Crippen molar-refractivity contribution in [1.29, 1.82) is 0 Å². The first kappa shape index (κ1) is 11.2. The third-order valence-corrected chi connectivity index (χ3v) is 3.40. The van der Waals surface area contributed by atoms with Gasteiger partial charge < -0.3 is 10.1 Å². The van der Waals surface area contributed by atoms with Crippen LogP contribution < -0.4 is 5.32 Å². The summed E-state index contributed by atoms with van der Waals surface area (Å²) in [7, 11) is 1.40. The van der Waals surface area contributed by atoms with Crippen LogP contribution in [0.15, 0.2) is 24.4 Å². The maximum atomic E-state index is 11.8. The Balaban J connectivity index is 2.17. The summed E-state index contributed by atoms with van der Waals surface area (Å²) in [6.07, 6.45) is 2.86. The minimum Gasteiger partial charge on any atom is -0.464 e. The van der Waals surface area contributed by atoms with Crippen LogP contribution in [0, 0.1) is 0 Å². The number of methoxy groups -OCH3 is 1. The molecule has 5 heteroatoms. The quantitative estimate of drug-likeness (QED) is 0.808. The van der Waals surface area contributed by atoms with Crippen LogP contribution in [0.25, 0.3) is 5.52 Å². The molecule has 1 atom stereocenters. The second kappa shape index (κ2) is 4.42. The Bertz CT molecular complexity index is 585. The zero-order valence-electron chi connectivity index (χ0n) is 10.2. The fraction of sp³-hybridized carbons (Fsp3) is 0.385. The van der Waals surface area contributed by atoms with Gasteiger partial charge in [-0.3, -0.25) is 4.40 Å². The Morgan fingerprint density at radius 3 is 3.17 bits per heavy atom. The van der Waals surface area contributed by atoms with Gasteiger partial charge in [0.1, 0.15) is 11.5 Å². The van der Waals surface area contributed by atoms with Crippen molar-refractivity contribution in [2.24, 2.45) is 0 Å². The van der Waals surface area contributed by atoms with Crippen molar-refractivity contribution in [3.63, 3.8) is 0 Å². The lowest BCUT2D eigenvalue weighted by atomic mass is 10.1. The minimum atomic E-state index is -0.328. The summed E-state index contributed by atoms with van der Waals surface area (Å²) in [5.74, 6) is 0.972. The van der Waals surface area contributed by atoms with Crippen molar-refractivity contribution < 1.29 is 9.53 Å². The molecule has 1 fully saturated rings. The van der Waals surface area contributed by atoms with Gasteiger partial charge in [-0.15, -0.1) is 0 Å². The number of carbonyl (C=O) groups is 1. The number of fused-ring (bicyclic) bond motifs is 1. The number of ether oxygens (including phenoxy) is 1. The maximum absolute atomic E-state index is 11.8. The highest BCUT2D eigenvalue weighted by molar-refractivity contribution is 5.88. The van der Waals surface area contributed by atoms with E-state index in [0.717, 1.165) is 30.9 Å². The lowest BCUT2D eigenvalue weighted by Crippen LogP contribution is -2.14. The monoisotopic (exact) mass is 245 g/mol. The number of pyridine rings is 1. The Morgan fingerprint density at radius 1 is 1.56 bits per heavy atom. The van der Waals surface area contributed by atoms with E-state index in [1.807, 2.05) is 16.5 Å². The summed E-state index contributed by atoms with van der Waals surface area (Å²) < 4.78 is 6.73. The number of hydrogen-bond acceptors (Lipinski definition) is 4. The SMILES string of the molecule is COC(=O)c1cccc2cnc(C3CCNC3)n12. The van der Waals surface area contributed by atoms with Crippen molar-refractivity contribution >= 4 is 11.5 Å². The molecule has 0 radical (unpaired) electrons. The summed E-state index contributed by atoms with van der Waals surface area (Å²) >= 11 is 0. The number of rotatable bonds is 2. The number of esters is 1. The van der Waals surface area contributed by atoms with E-state index in [4.69, 9.17) is 4.74 Å². The summed E-state index contributed by atoms with van der Waals surface area (Å²) in [4.78, 5) is 16.3. The van der Waals surface area contributed by atoms with Crippen LogP contribution in [0.5, 0.6) is 0 Å². The maximum Gasteiger partial charge on any atom is 0.355 e. The highest BCUT2D eigenvalue weighted by Crippen LogP contribution is 2.23. The second-order valence-corrected chi connectivity index (χ2v) is 4.47. The van der Waals surface area contributed by atoms with Gasteiger partial charge in [0.2, 0.25) is 0 Å². The summed E-state index contributed by atoms with van der Waals surface area (Å²) in [5, 5.41) is 3.32. The normalized spacial score (nSPS) is 19.3. The highest BCUT2D eigenvalue weighted by atomic mass is 16.5. The molecule has 18 heavy (non-hydrogen) atoms. The molecule has 0 saturated carbocycles. The molecule has 0 bridgehead atoms. The fourth-order valence-corrected chi connectivity index (χ4v) is 2.50. The predicted molar refractivity (Wildman–Crippen MR) is 66.8 cm³/mol. The lowest BCUT2D eigenvalue weighted by molar-refractivity contribution is 0.0592. The van der Waals surface area contributed by atoms with Gasteiger partial charge in [-0.25, -0.2) is 9.78 Å². The third-order valence-electron chi connectivity index (χ3n) is 3.40. The first-order valence-electron chi connectivity index (χ1n) is 6.06. The molecule has 0 amide bonds. The largest absolute Gasteiger partial charge is 0.464 e. The standard InChI is InChI=1S/C13H15N3O2/c1-18-13(17)11-4-2-3-10-8-15-12(16(10)11)9-5-6-14-7-9/h2-4,8-9,14H,5-7H2,1H3. The molecule has 0 aliphatic carbocycles. The second-order valence-electron chi connectivity index (χ2n) is 4.47. The molecular formula is C13H15N3O2. The Morgan fingerprint density at radius 2 is 2.44 bits per heavy atom.